The number of aromatic carboxylic acids is 1. The quantitative estimate of drug-likeness (QED) is 0.195. The summed E-state index contributed by atoms with van der Waals surface area (Å²) in [6.07, 6.45) is 3.88. The summed E-state index contributed by atoms with van der Waals surface area (Å²) < 4.78 is 0. The number of carbonyl (C=O) groups excluding carboxylic acids is 2. The summed E-state index contributed by atoms with van der Waals surface area (Å²) in [5, 5.41) is 10.8. The Balaban J connectivity index is 0.000000273. The molecule has 0 radical (unpaired) electrons. The number of hydroxylamine groups is 2. The third-order valence-corrected chi connectivity index (χ3v) is 5.39. The molecule has 0 aliphatic carbocycles. The van der Waals surface area contributed by atoms with Crippen LogP contribution in [0.15, 0.2) is 36.8 Å². The fourth-order valence-electron chi connectivity index (χ4n) is 2.09. The molecule has 1 N–H and O–H groups in total. The number of nitrogens with zero attached hydrogens (tertiary/aromatic N) is 4. The fourth-order valence-corrected chi connectivity index (χ4v) is 3.17. The van der Waals surface area contributed by atoms with Crippen molar-refractivity contribution < 1.29 is 24.3 Å². The molecule has 9 nitrogen and oxygen atoms in total. The van der Waals surface area contributed by atoms with E-state index in [1.165, 1.54) is 57.9 Å². The number of carboxylic acids is 1. The molecule has 15 heteroatoms. The van der Waals surface area contributed by atoms with E-state index in [0.717, 1.165) is 5.06 Å². The van der Waals surface area contributed by atoms with Crippen molar-refractivity contribution in [2.45, 2.75) is 6.92 Å². The summed E-state index contributed by atoms with van der Waals surface area (Å²) in [6, 6.07) is 4.04. The zero-order valence-corrected chi connectivity index (χ0v) is 23.1. The topological polar surface area (TPSA) is 123 Å². The maximum atomic E-state index is 11.6. The molecule has 192 valence electrons. The standard InChI is InChI=1S/C8H8Cl2N2O2.C7H5Cl2NO.C6H3Cl2NO2/c1-12(14-2)8(13)5-3-7(10)11-4-6(5)9;1-4(11)5-2-7(9)10-3-6(5)8;7-4-2-9-5(8)1-3(4)6(10)11/h3-4H,1-2H3;2-3H,1H3;1-2H,(H,10,11). The molecule has 0 aliphatic heterocycles. The Labute approximate surface area is 235 Å². The highest BCUT2D eigenvalue weighted by Crippen LogP contribution is 2.20. The van der Waals surface area contributed by atoms with Crippen molar-refractivity contribution >= 4 is 87.3 Å². The van der Waals surface area contributed by atoms with Crippen LogP contribution < -0.4 is 0 Å². The molecule has 0 bridgehead atoms. The van der Waals surface area contributed by atoms with Crippen LogP contribution in [0.2, 0.25) is 30.5 Å². The predicted octanol–water partition coefficient (Wildman–Crippen LogP) is 6.70. The summed E-state index contributed by atoms with van der Waals surface area (Å²) in [5.74, 6) is -1.60. The molecule has 3 aromatic heterocycles. The number of pyridine rings is 3. The van der Waals surface area contributed by atoms with Crippen LogP contribution in [0.3, 0.4) is 0 Å². The lowest BCUT2D eigenvalue weighted by molar-refractivity contribution is -0.0756. The van der Waals surface area contributed by atoms with E-state index in [0.29, 0.717) is 10.6 Å². The number of halogens is 6. The zero-order valence-electron chi connectivity index (χ0n) is 18.6. The molecule has 1 amide bonds. The predicted molar refractivity (Wildman–Crippen MR) is 139 cm³/mol. The second-order valence-electron chi connectivity index (χ2n) is 6.31. The molecular weight excluding hydrogens is 601 g/mol. The van der Waals surface area contributed by atoms with Gasteiger partial charge in [0.05, 0.1) is 33.3 Å². The average Bonchev–Trinajstić information content (AvgIpc) is 2.83. The second kappa shape index (κ2) is 15.1. The highest BCUT2D eigenvalue weighted by Gasteiger charge is 2.15. The van der Waals surface area contributed by atoms with E-state index in [2.05, 4.69) is 15.0 Å². The van der Waals surface area contributed by atoms with Crippen molar-refractivity contribution in [1.82, 2.24) is 20.0 Å². The van der Waals surface area contributed by atoms with Gasteiger partial charge in [0.1, 0.15) is 15.5 Å². The average molecular weight is 617 g/mol. The Morgan fingerprint density at radius 1 is 0.750 bits per heavy atom. The lowest BCUT2D eigenvalue weighted by atomic mass is 10.2. The number of Topliss-reactive ketones (excluding diaryl/α,β-unsaturated/α-hetero) is 1. The Bertz CT molecular complexity index is 1200. The van der Waals surface area contributed by atoms with Crippen LogP contribution in [0.1, 0.15) is 38.0 Å². The Hall–Kier alpha value is -2.24. The van der Waals surface area contributed by atoms with E-state index in [-0.39, 0.29) is 48.3 Å². The molecule has 0 aliphatic rings. The highest BCUT2D eigenvalue weighted by molar-refractivity contribution is 6.36. The first-order chi connectivity index (χ1) is 16.8. The van der Waals surface area contributed by atoms with Crippen LogP contribution in [0.4, 0.5) is 0 Å². The minimum Gasteiger partial charge on any atom is -0.478 e. The van der Waals surface area contributed by atoms with E-state index >= 15 is 0 Å². The number of ketones is 1. The minimum atomic E-state index is -1.11. The number of rotatable bonds is 4. The lowest BCUT2D eigenvalue weighted by Crippen LogP contribution is -2.25. The SMILES string of the molecule is CC(=O)c1cc(Cl)ncc1Cl.CON(C)C(=O)c1cc(Cl)ncc1Cl.O=C(O)c1cc(Cl)ncc1Cl. The van der Waals surface area contributed by atoms with Gasteiger partial charge in [-0.1, -0.05) is 69.6 Å². The van der Waals surface area contributed by atoms with Gasteiger partial charge in [0, 0.05) is 31.2 Å². The van der Waals surface area contributed by atoms with Gasteiger partial charge in [-0.15, -0.1) is 0 Å². The van der Waals surface area contributed by atoms with Crippen molar-refractivity contribution in [1.29, 1.82) is 0 Å². The van der Waals surface area contributed by atoms with E-state index in [1.54, 1.807) is 0 Å². The summed E-state index contributed by atoms with van der Waals surface area (Å²) in [7, 11) is 2.86. The van der Waals surface area contributed by atoms with Crippen LogP contribution in [0.5, 0.6) is 0 Å². The molecule has 0 fully saturated rings. The monoisotopic (exact) mass is 614 g/mol. The number of amides is 1. The molecule has 36 heavy (non-hydrogen) atoms. The largest absolute Gasteiger partial charge is 0.478 e. The van der Waals surface area contributed by atoms with Gasteiger partial charge in [0.25, 0.3) is 5.91 Å². The third-order valence-electron chi connectivity index (χ3n) is 3.87. The Morgan fingerprint density at radius 2 is 1.11 bits per heavy atom. The minimum absolute atomic E-state index is 0.0355. The van der Waals surface area contributed by atoms with E-state index in [4.69, 9.17) is 79.5 Å². The number of carboxylic acid groups (broad SMARTS) is 1. The van der Waals surface area contributed by atoms with Crippen LogP contribution in [-0.4, -0.2) is 56.9 Å². The van der Waals surface area contributed by atoms with E-state index in [1.807, 2.05) is 0 Å². The Kier molecular flexibility index (Phi) is 13.3. The van der Waals surface area contributed by atoms with Crippen molar-refractivity contribution in [3.63, 3.8) is 0 Å². The molecule has 0 unspecified atom stereocenters. The number of aromatic nitrogens is 3. The third kappa shape index (κ3) is 10.0. The van der Waals surface area contributed by atoms with Crippen LogP contribution in [0, 0.1) is 0 Å². The van der Waals surface area contributed by atoms with Crippen molar-refractivity contribution in [2.24, 2.45) is 0 Å². The van der Waals surface area contributed by atoms with Gasteiger partial charge in [0.15, 0.2) is 5.78 Å². The van der Waals surface area contributed by atoms with Gasteiger partial charge in [-0.25, -0.2) is 24.8 Å². The van der Waals surface area contributed by atoms with Gasteiger partial charge in [0.2, 0.25) is 0 Å². The summed E-state index contributed by atoms with van der Waals surface area (Å²) in [5.41, 5.74) is 0.634. The molecule has 0 saturated carbocycles. The molecule has 0 saturated heterocycles. The fraction of sp³-hybridized carbons (Fsp3) is 0.143. The van der Waals surface area contributed by atoms with Gasteiger partial charge >= 0.3 is 5.97 Å². The Morgan fingerprint density at radius 3 is 1.44 bits per heavy atom. The number of carbonyl (C=O) groups is 3. The first kappa shape index (κ1) is 31.8. The molecular formula is C21H16Cl6N4O5. The van der Waals surface area contributed by atoms with E-state index < -0.39 is 5.97 Å². The molecule has 3 heterocycles. The molecule has 3 rings (SSSR count). The van der Waals surface area contributed by atoms with Gasteiger partial charge in [-0.2, -0.15) is 0 Å². The summed E-state index contributed by atoms with van der Waals surface area (Å²) >= 11 is 33.5. The molecule has 3 aromatic rings. The van der Waals surface area contributed by atoms with Crippen molar-refractivity contribution in [3.8, 4) is 0 Å². The normalized spacial score (nSPS) is 9.81. The van der Waals surface area contributed by atoms with E-state index in [9.17, 15) is 14.4 Å². The van der Waals surface area contributed by atoms with Crippen molar-refractivity contribution in [2.75, 3.05) is 14.2 Å². The molecule has 0 spiro atoms. The van der Waals surface area contributed by atoms with Crippen LogP contribution in [-0.2, 0) is 4.84 Å². The smallest absolute Gasteiger partial charge is 0.337 e. The first-order valence-electron chi connectivity index (χ1n) is 9.28. The molecule has 0 atom stereocenters. The van der Waals surface area contributed by atoms with Crippen LogP contribution in [0.25, 0.3) is 0 Å². The van der Waals surface area contributed by atoms with Crippen molar-refractivity contribution in [3.05, 3.63) is 84.0 Å². The first-order valence-corrected chi connectivity index (χ1v) is 11.5. The zero-order chi connectivity index (χ0) is 27.6. The number of hydrogen-bond donors (Lipinski definition) is 1. The van der Waals surface area contributed by atoms with Crippen LogP contribution >= 0.6 is 69.6 Å². The maximum absolute atomic E-state index is 11.6. The summed E-state index contributed by atoms with van der Waals surface area (Å²) in [4.78, 5) is 48.6. The summed E-state index contributed by atoms with van der Waals surface area (Å²) in [6.45, 7) is 1.43. The maximum Gasteiger partial charge on any atom is 0.337 e. The lowest BCUT2D eigenvalue weighted by Gasteiger charge is -2.14. The van der Waals surface area contributed by atoms with Gasteiger partial charge in [-0.3, -0.25) is 14.4 Å². The highest BCUT2D eigenvalue weighted by atomic mass is 35.5. The van der Waals surface area contributed by atoms with Gasteiger partial charge in [-0.05, 0) is 25.1 Å². The molecule has 0 aromatic carbocycles. The van der Waals surface area contributed by atoms with Gasteiger partial charge < -0.3 is 5.11 Å². The second-order valence-corrected chi connectivity index (χ2v) is 8.69. The number of hydrogen-bond acceptors (Lipinski definition) is 7.